The minimum atomic E-state index is -0.757. The quantitative estimate of drug-likeness (QED) is 0.847. The summed E-state index contributed by atoms with van der Waals surface area (Å²) in [6.07, 6.45) is 0.771. The Morgan fingerprint density at radius 1 is 1.15 bits per heavy atom. The first-order valence-electron chi connectivity index (χ1n) is 6.10. The van der Waals surface area contributed by atoms with Crippen molar-refractivity contribution in [3.8, 4) is 0 Å². The van der Waals surface area contributed by atoms with Gasteiger partial charge in [0.25, 0.3) is 0 Å². The van der Waals surface area contributed by atoms with Gasteiger partial charge >= 0.3 is 11.8 Å². The highest BCUT2D eigenvalue weighted by molar-refractivity contribution is 7.15. The van der Waals surface area contributed by atoms with Crippen molar-refractivity contribution in [3.63, 3.8) is 0 Å². The molecule has 2 N–H and O–H groups in total. The highest BCUT2D eigenvalue weighted by atomic mass is 32.1. The molecule has 1 heterocycles. The van der Waals surface area contributed by atoms with Gasteiger partial charge in [0.15, 0.2) is 0 Å². The van der Waals surface area contributed by atoms with E-state index in [1.807, 2.05) is 19.1 Å². The highest BCUT2D eigenvalue weighted by Crippen LogP contribution is 2.16. The Hall–Kier alpha value is -2.28. The maximum Gasteiger partial charge on any atom is 0.315 e. The molecule has 0 radical (unpaired) electrons. The van der Waals surface area contributed by atoms with Crippen LogP contribution in [0, 0.1) is 6.92 Å². The van der Waals surface area contributed by atoms with Gasteiger partial charge in [-0.3, -0.25) is 14.9 Å². The minimum absolute atomic E-state index is 0.312. The Morgan fingerprint density at radius 2 is 1.85 bits per heavy atom. The van der Waals surface area contributed by atoms with Crippen molar-refractivity contribution in [2.24, 2.45) is 0 Å². The number of hydrogen-bond acceptors (Lipinski definition) is 5. The monoisotopic (exact) mass is 290 g/mol. The fourth-order valence-electron chi connectivity index (χ4n) is 1.63. The molecule has 0 atom stereocenters. The van der Waals surface area contributed by atoms with Gasteiger partial charge in [0.05, 0.1) is 0 Å². The van der Waals surface area contributed by atoms with Crippen molar-refractivity contribution >= 4 is 34.0 Å². The third kappa shape index (κ3) is 3.39. The third-order valence-corrected chi connectivity index (χ3v) is 3.35. The van der Waals surface area contributed by atoms with Crippen LogP contribution in [0.25, 0.3) is 0 Å². The van der Waals surface area contributed by atoms with Crippen LogP contribution in [0.15, 0.2) is 24.3 Å². The Kier molecular flexibility index (Phi) is 4.41. The lowest BCUT2D eigenvalue weighted by atomic mass is 10.1. The largest absolute Gasteiger partial charge is 0.318 e. The molecule has 104 valence electrons. The summed E-state index contributed by atoms with van der Waals surface area (Å²) in [7, 11) is 0. The van der Waals surface area contributed by atoms with Gasteiger partial charge < -0.3 is 5.32 Å². The first-order valence-corrected chi connectivity index (χ1v) is 6.92. The van der Waals surface area contributed by atoms with Crippen LogP contribution in [0.2, 0.25) is 0 Å². The SMILES string of the molecule is CCc1ccccc1NC(=O)C(=O)Nc1nnc(C)s1. The summed E-state index contributed by atoms with van der Waals surface area (Å²) in [6, 6.07) is 7.36. The molecular weight excluding hydrogens is 276 g/mol. The Balaban J connectivity index is 2.02. The van der Waals surface area contributed by atoms with E-state index in [0.29, 0.717) is 10.8 Å². The van der Waals surface area contributed by atoms with E-state index in [4.69, 9.17) is 0 Å². The van der Waals surface area contributed by atoms with Gasteiger partial charge in [0.2, 0.25) is 5.13 Å². The third-order valence-electron chi connectivity index (χ3n) is 2.60. The van der Waals surface area contributed by atoms with Crippen LogP contribution in [0.4, 0.5) is 10.8 Å². The van der Waals surface area contributed by atoms with Gasteiger partial charge in [-0.05, 0) is 25.0 Å². The molecule has 0 spiro atoms. The van der Waals surface area contributed by atoms with E-state index in [0.717, 1.165) is 17.0 Å². The zero-order chi connectivity index (χ0) is 14.5. The number of nitrogens with one attached hydrogen (secondary N) is 2. The lowest BCUT2D eigenvalue weighted by Gasteiger charge is -2.08. The molecule has 2 amide bonds. The molecular formula is C13H14N4O2S. The molecule has 0 saturated heterocycles. The van der Waals surface area contributed by atoms with Crippen molar-refractivity contribution in [1.29, 1.82) is 0 Å². The van der Waals surface area contributed by atoms with E-state index >= 15 is 0 Å². The van der Waals surface area contributed by atoms with Crippen LogP contribution in [-0.2, 0) is 16.0 Å². The molecule has 6 nitrogen and oxygen atoms in total. The fourth-order valence-corrected chi connectivity index (χ4v) is 2.22. The van der Waals surface area contributed by atoms with E-state index in [1.165, 1.54) is 11.3 Å². The molecule has 0 aliphatic carbocycles. The maximum absolute atomic E-state index is 11.8. The summed E-state index contributed by atoms with van der Waals surface area (Å²) in [5.41, 5.74) is 1.61. The van der Waals surface area contributed by atoms with Crippen molar-refractivity contribution in [1.82, 2.24) is 10.2 Å². The predicted octanol–water partition coefficient (Wildman–Crippen LogP) is 1.99. The lowest BCUT2D eigenvalue weighted by Crippen LogP contribution is -2.29. The average molecular weight is 290 g/mol. The molecule has 0 saturated carbocycles. The summed E-state index contributed by atoms with van der Waals surface area (Å²) in [5, 5.41) is 13.5. The van der Waals surface area contributed by atoms with E-state index in [9.17, 15) is 9.59 Å². The summed E-state index contributed by atoms with van der Waals surface area (Å²) in [6.45, 7) is 3.75. The van der Waals surface area contributed by atoms with Gasteiger partial charge in [-0.25, -0.2) is 0 Å². The van der Waals surface area contributed by atoms with Crippen LogP contribution in [-0.4, -0.2) is 22.0 Å². The van der Waals surface area contributed by atoms with Gasteiger partial charge in [-0.1, -0.05) is 36.5 Å². The number of aryl methyl sites for hydroxylation is 2. The lowest BCUT2D eigenvalue weighted by molar-refractivity contribution is -0.133. The first-order chi connectivity index (χ1) is 9.60. The van der Waals surface area contributed by atoms with Gasteiger partial charge in [-0.15, -0.1) is 10.2 Å². The van der Waals surface area contributed by atoms with Crippen LogP contribution < -0.4 is 10.6 Å². The zero-order valence-electron chi connectivity index (χ0n) is 11.1. The second kappa shape index (κ2) is 6.25. The molecule has 0 aliphatic heterocycles. The summed E-state index contributed by atoms with van der Waals surface area (Å²) in [4.78, 5) is 23.6. The van der Waals surface area contributed by atoms with E-state index in [-0.39, 0.29) is 0 Å². The van der Waals surface area contributed by atoms with Gasteiger partial charge in [-0.2, -0.15) is 0 Å². The van der Waals surface area contributed by atoms with Crippen molar-refractivity contribution in [2.45, 2.75) is 20.3 Å². The number of amides is 2. The molecule has 1 aromatic heterocycles. The number of rotatable bonds is 3. The van der Waals surface area contributed by atoms with Crippen molar-refractivity contribution in [3.05, 3.63) is 34.8 Å². The number of aromatic nitrogens is 2. The normalized spacial score (nSPS) is 10.1. The van der Waals surface area contributed by atoms with Crippen molar-refractivity contribution < 1.29 is 9.59 Å². The number of benzene rings is 1. The predicted molar refractivity (Wildman–Crippen MR) is 77.7 cm³/mol. The maximum atomic E-state index is 11.8. The van der Waals surface area contributed by atoms with Crippen molar-refractivity contribution in [2.75, 3.05) is 10.6 Å². The number of carbonyl (C=O) groups excluding carboxylic acids is 2. The second-order valence-electron chi connectivity index (χ2n) is 4.05. The standard InChI is InChI=1S/C13H14N4O2S/c1-3-9-6-4-5-7-10(9)14-11(18)12(19)15-13-17-16-8(2)20-13/h4-7H,3H2,1-2H3,(H,14,18)(H,15,17,19). The Morgan fingerprint density at radius 3 is 2.50 bits per heavy atom. The number of nitrogens with zero attached hydrogens (tertiary/aromatic N) is 2. The summed E-state index contributed by atoms with van der Waals surface area (Å²) < 4.78 is 0. The summed E-state index contributed by atoms with van der Waals surface area (Å²) in [5.74, 6) is -1.48. The van der Waals surface area contributed by atoms with E-state index < -0.39 is 11.8 Å². The average Bonchev–Trinajstić information content (AvgIpc) is 2.84. The zero-order valence-corrected chi connectivity index (χ0v) is 12.0. The second-order valence-corrected chi connectivity index (χ2v) is 5.23. The van der Waals surface area contributed by atoms with Crippen LogP contribution in [0.3, 0.4) is 0 Å². The Bertz CT molecular complexity index is 639. The highest BCUT2D eigenvalue weighted by Gasteiger charge is 2.16. The molecule has 0 fully saturated rings. The number of anilines is 2. The molecule has 0 bridgehead atoms. The molecule has 2 rings (SSSR count). The molecule has 0 aliphatic rings. The summed E-state index contributed by atoms with van der Waals surface area (Å²) >= 11 is 1.21. The Labute approximate surface area is 120 Å². The van der Waals surface area contributed by atoms with Crippen LogP contribution >= 0.6 is 11.3 Å². The minimum Gasteiger partial charge on any atom is -0.318 e. The van der Waals surface area contributed by atoms with Gasteiger partial charge in [0, 0.05) is 5.69 Å². The molecule has 0 unspecified atom stereocenters. The number of para-hydroxylation sites is 1. The fraction of sp³-hybridized carbons (Fsp3) is 0.231. The smallest absolute Gasteiger partial charge is 0.315 e. The molecule has 7 heteroatoms. The number of hydrogen-bond donors (Lipinski definition) is 2. The topological polar surface area (TPSA) is 84.0 Å². The molecule has 20 heavy (non-hydrogen) atoms. The van der Waals surface area contributed by atoms with Gasteiger partial charge in [0.1, 0.15) is 5.01 Å². The van der Waals surface area contributed by atoms with Crippen LogP contribution in [0.1, 0.15) is 17.5 Å². The van der Waals surface area contributed by atoms with Crippen LogP contribution in [0.5, 0.6) is 0 Å². The molecule has 2 aromatic rings. The first kappa shape index (κ1) is 14.1. The van der Waals surface area contributed by atoms with E-state index in [1.54, 1.807) is 19.1 Å². The van der Waals surface area contributed by atoms with E-state index in [2.05, 4.69) is 20.8 Å². The number of carbonyl (C=O) groups is 2. The molecule has 1 aromatic carbocycles.